The van der Waals surface area contributed by atoms with Crippen LogP contribution in [0.2, 0.25) is 0 Å². The minimum absolute atomic E-state index is 0. The van der Waals surface area contributed by atoms with E-state index in [4.69, 9.17) is 0 Å². The Morgan fingerprint density at radius 1 is 0.350 bits per heavy atom. The van der Waals surface area contributed by atoms with Crippen LogP contribution in [0.3, 0.4) is 0 Å². The van der Waals surface area contributed by atoms with E-state index in [9.17, 15) is 29.7 Å². The van der Waals surface area contributed by atoms with E-state index >= 15 is 0 Å². The Morgan fingerprint density at radius 2 is 0.475 bits per heavy atom. The number of carbonyl (C=O) groups is 3. The normalized spacial score (nSPS) is 14.1. The Balaban J connectivity index is -0.000000240. The Kier molecular flexibility index (Phi) is 18.0. The van der Waals surface area contributed by atoms with Gasteiger partial charge in [-0.1, -0.05) is 125 Å². The minimum Gasteiger partial charge on any atom is -0.875 e. The van der Waals surface area contributed by atoms with Gasteiger partial charge in [-0.25, -0.2) is 0 Å². The maximum atomic E-state index is 11.4. The fourth-order valence-electron chi connectivity index (χ4n) is 1.66. The van der Waals surface area contributed by atoms with E-state index in [1.807, 2.05) is 125 Å². The molecule has 0 atom stereocenters. The van der Waals surface area contributed by atoms with Gasteiger partial charge in [-0.3, -0.25) is 14.4 Å². The van der Waals surface area contributed by atoms with Crippen molar-refractivity contribution in [2.24, 2.45) is 32.5 Å². The molecule has 0 saturated heterocycles. The van der Waals surface area contributed by atoms with Crippen LogP contribution >= 0.6 is 0 Å². The molecule has 0 unspecified atom stereocenters. The monoisotopic (exact) mass is 605 g/mol. The van der Waals surface area contributed by atoms with Gasteiger partial charge in [0.15, 0.2) is 17.3 Å². The molecular formula is C33H57FeO6-3. The molecule has 0 bridgehead atoms. The summed E-state index contributed by atoms with van der Waals surface area (Å²) in [4.78, 5) is 34.3. The van der Waals surface area contributed by atoms with Crippen LogP contribution in [0.15, 0.2) is 35.5 Å². The first kappa shape index (κ1) is 45.1. The van der Waals surface area contributed by atoms with Crippen LogP contribution in [0, 0.1) is 32.5 Å². The third-order valence-corrected chi connectivity index (χ3v) is 5.22. The Labute approximate surface area is 256 Å². The molecule has 6 nitrogen and oxygen atoms in total. The fraction of sp³-hybridized carbons (Fsp3) is 0.727. The molecule has 0 amide bonds. The van der Waals surface area contributed by atoms with Crippen LogP contribution in [0.25, 0.3) is 0 Å². The summed E-state index contributed by atoms with van der Waals surface area (Å²) in [5.74, 6) is -0.625. The summed E-state index contributed by atoms with van der Waals surface area (Å²) in [5.41, 5.74) is -2.74. The molecular weight excluding hydrogens is 548 g/mol. The molecule has 0 spiro atoms. The SMILES string of the molecule is CC(C)(C)C(=O)/C=C(/[O-])C(C)(C)C.CC(C)(C)C(=O)/C=C(/[O-])C(C)(C)C.CC(C)(C)C(=O)/C=C(\[O-])C(C)(C)C.[Fe]. The van der Waals surface area contributed by atoms with E-state index in [0.717, 1.165) is 0 Å². The zero-order chi connectivity index (χ0) is 32.6. The third-order valence-electron chi connectivity index (χ3n) is 5.22. The molecule has 0 aromatic rings. The van der Waals surface area contributed by atoms with E-state index < -0.39 is 32.5 Å². The van der Waals surface area contributed by atoms with Gasteiger partial charge < -0.3 is 15.3 Å². The average Bonchev–Trinajstić information content (AvgIpc) is 2.64. The maximum absolute atomic E-state index is 11.4. The standard InChI is InChI=1S/3C11H20O2.Fe/c3*1-10(2,3)8(12)7-9(13)11(4,5)6;/h3*7,12H,1-6H3;/p-3/b2*8-7+;8-7-;. The topological polar surface area (TPSA) is 120 Å². The van der Waals surface area contributed by atoms with Crippen molar-refractivity contribution in [1.82, 2.24) is 0 Å². The number of hydrogen-bond acceptors (Lipinski definition) is 6. The summed E-state index contributed by atoms with van der Waals surface area (Å²) in [6.45, 7) is 32.5. The zero-order valence-electron chi connectivity index (χ0n) is 28.5. The number of allylic oxidation sites excluding steroid dienone is 6. The van der Waals surface area contributed by atoms with Gasteiger partial charge in [0.05, 0.1) is 0 Å². The van der Waals surface area contributed by atoms with E-state index in [0.29, 0.717) is 0 Å². The van der Waals surface area contributed by atoms with Gasteiger partial charge >= 0.3 is 0 Å². The average molecular weight is 606 g/mol. The summed E-state index contributed by atoms with van der Waals surface area (Å²) in [5, 5.41) is 34.3. The van der Waals surface area contributed by atoms with Gasteiger partial charge in [0.2, 0.25) is 0 Å². The summed E-state index contributed by atoms with van der Waals surface area (Å²) >= 11 is 0. The van der Waals surface area contributed by atoms with Crippen molar-refractivity contribution in [2.45, 2.75) is 125 Å². The van der Waals surface area contributed by atoms with Gasteiger partial charge in [0.25, 0.3) is 0 Å². The summed E-state index contributed by atoms with van der Waals surface area (Å²) in [6, 6.07) is 0. The first-order valence-electron chi connectivity index (χ1n) is 13.5. The van der Waals surface area contributed by atoms with Gasteiger partial charge in [0, 0.05) is 33.3 Å². The minimum atomic E-state index is -0.457. The van der Waals surface area contributed by atoms with Crippen LogP contribution in [-0.4, -0.2) is 17.3 Å². The molecule has 0 aliphatic carbocycles. The van der Waals surface area contributed by atoms with Crippen LogP contribution < -0.4 is 15.3 Å². The Hall–Kier alpha value is -1.85. The van der Waals surface area contributed by atoms with E-state index in [1.54, 1.807) is 0 Å². The first-order valence-corrected chi connectivity index (χ1v) is 13.5. The van der Waals surface area contributed by atoms with Gasteiger partial charge in [0.1, 0.15) is 0 Å². The molecule has 40 heavy (non-hydrogen) atoms. The predicted octanol–water partition coefficient (Wildman–Crippen LogP) is 5.67. The van der Waals surface area contributed by atoms with Crippen molar-refractivity contribution in [3.63, 3.8) is 0 Å². The summed E-state index contributed by atoms with van der Waals surface area (Å²) in [7, 11) is 0. The zero-order valence-corrected chi connectivity index (χ0v) is 29.6. The molecule has 0 radical (unpaired) electrons. The second-order valence-corrected chi connectivity index (χ2v) is 16.1. The van der Waals surface area contributed by atoms with Crippen molar-refractivity contribution in [3.05, 3.63) is 35.5 Å². The van der Waals surface area contributed by atoms with Gasteiger partial charge in [-0.05, 0) is 34.5 Å². The quantitative estimate of drug-likeness (QED) is 0.232. The molecule has 236 valence electrons. The molecule has 0 aromatic heterocycles. The first-order chi connectivity index (χ1) is 16.6. The van der Waals surface area contributed by atoms with Gasteiger partial charge in [-0.15, -0.1) is 17.3 Å². The third kappa shape index (κ3) is 21.0. The van der Waals surface area contributed by atoms with Gasteiger partial charge in [-0.2, -0.15) is 0 Å². The molecule has 0 aliphatic heterocycles. The molecule has 0 heterocycles. The van der Waals surface area contributed by atoms with Crippen LogP contribution in [0.5, 0.6) is 0 Å². The maximum Gasteiger partial charge on any atom is 0.160 e. The molecule has 7 heteroatoms. The number of hydrogen-bond donors (Lipinski definition) is 0. The van der Waals surface area contributed by atoms with Crippen molar-refractivity contribution < 1.29 is 46.8 Å². The number of ketones is 3. The number of carbonyl (C=O) groups excluding carboxylic acids is 3. The van der Waals surface area contributed by atoms with Crippen LogP contribution in [0.4, 0.5) is 0 Å². The summed E-state index contributed by atoms with van der Waals surface area (Å²) < 4.78 is 0. The van der Waals surface area contributed by atoms with E-state index in [1.165, 1.54) is 18.2 Å². The number of rotatable bonds is 3. The van der Waals surface area contributed by atoms with Crippen molar-refractivity contribution in [1.29, 1.82) is 0 Å². The molecule has 0 aliphatic rings. The molecule has 0 N–H and O–H groups in total. The van der Waals surface area contributed by atoms with Crippen molar-refractivity contribution in [2.75, 3.05) is 0 Å². The van der Waals surface area contributed by atoms with Crippen LogP contribution in [-0.2, 0) is 31.5 Å². The Bertz CT molecular complexity index is 801. The molecule has 0 rings (SSSR count). The predicted molar refractivity (Wildman–Crippen MR) is 156 cm³/mol. The smallest absolute Gasteiger partial charge is 0.160 e. The van der Waals surface area contributed by atoms with Crippen molar-refractivity contribution >= 4 is 17.3 Å². The fourth-order valence-corrected chi connectivity index (χ4v) is 1.66. The molecule has 0 fully saturated rings. The second kappa shape index (κ2) is 16.0. The second-order valence-electron chi connectivity index (χ2n) is 16.1. The van der Waals surface area contributed by atoms with Crippen molar-refractivity contribution in [3.8, 4) is 0 Å². The van der Waals surface area contributed by atoms with E-state index in [2.05, 4.69) is 0 Å². The van der Waals surface area contributed by atoms with E-state index in [-0.39, 0.29) is 51.7 Å². The summed E-state index contributed by atoms with van der Waals surface area (Å²) in [6.07, 6.45) is 3.67. The Morgan fingerprint density at radius 3 is 0.550 bits per heavy atom. The molecule has 0 aromatic carbocycles. The van der Waals surface area contributed by atoms with Crippen LogP contribution in [0.1, 0.15) is 125 Å². The molecule has 0 saturated carbocycles. The largest absolute Gasteiger partial charge is 0.875 e.